The molecule has 2 heterocycles. The third kappa shape index (κ3) is 5.07. The lowest BCUT2D eigenvalue weighted by Crippen LogP contribution is -2.32. The number of anilines is 1. The Morgan fingerprint density at radius 2 is 2.17 bits per heavy atom. The van der Waals surface area contributed by atoms with E-state index in [4.69, 9.17) is 21.1 Å². The Kier molecular flexibility index (Phi) is 7.24. The van der Waals surface area contributed by atoms with E-state index in [0.717, 1.165) is 30.0 Å². The van der Waals surface area contributed by atoms with Gasteiger partial charge in [-0.15, -0.1) is 0 Å². The maximum atomic E-state index is 12.1. The molecule has 7 nitrogen and oxygen atoms in total. The molecule has 1 aromatic carbocycles. The molecule has 0 radical (unpaired) electrons. The number of aromatic nitrogens is 2. The monoisotopic (exact) mass is 428 g/mol. The van der Waals surface area contributed by atoms with Crippen LogP contribution in [0.2, 0.25) is 5.02 Å². The molecule has 3 rings (SSSR count). The summed E-state index contributed by atoms with van der Waals surface area (Å²) in [6, 6.07) is 7.31. The lowest BCUT2D eigenvalue weighted by atomic mass is 9.97. The maximum Gasteiger partial charge on any atom is 0.310 e. The van der Waals surface area contributed by atoms with Gasteiger partial charge in [0, 0.05) is 29.9 Å². The average Bonchev–Trinajstić information content (AvgIpc) is 2.94. The normalized spacial score (nSPS) is 16.6. The predicted octanol–water partition coefficient (Wildman–Crippen LogP) is 3.69. The van der Waals surface area contributed by atoms with Gasteiger partial charge in [-0.3, -0.25) is 4.79 Å². The molecular weight excluding hydrogens is 404 g/mol. The molecule has 0 N–H and O–H groups in total. The van der Waals surface area contributed by atoms with Crippen LogP contribution in [0.5, 0.6) is 0 Å². The van der Waals surface area contributed by atoms with E-state index in [1.807, 2.05) is 26.0 Å². The lowest BCUT2D eigenvalue weighted by Gasteiger charge is -2.32. The van der Waals surface area contributed by atoms with Gasteiger partial charge in [0.05, 0.1) is 37.3 Å². The van der Waals surface area contributed by atoms with Crippen LogP contribution in [0.1, 0.15) is 47.6 Å². The van der Waals surface area contributed by atoms with Gasteiger partial charge >= 0.3 is 5.97 Å². The SMILES string of the molecule is CCOC(=O)Cc1cc(C2COCCCN2c2cc(C)nc(C)n2)c(Cl)cc1C#N. The summed E-state index contributed by atoms with van der Waals surface area (Å²) in [4.78, 5) is 23.2. The molecule has 1 saturated heterocycles. The Morgan fingerprint density at radius 1 is 1.37 bits per heavy atom. The lowest BCUT2D eigenvalue weighted by molar-refractivity contribution is -0.142. The third-order valence-electron chi connectivity index (χ3n) is 4.93. The van der Waals surface area contributed by atoms with Gasteiger partial charge in [0.1, 0.15) is 11.6 Å². The third-order valence-corrected chi connectivity index (χ3v) is 5.26. The molecule has 1 unspecified atom stereocenters. The smallest absolute Gasteiger partial charge is 0.310 e. The number of carbonyl (C=O) groups excluding carboxylic acids is 1. The Bertz CT molecular complexity index is 953. The Labute approximate surface area is 181 Å². The first-order valence-corrected chi connectivity index (χ1v) is 10.4. The zero-order valence-electron chi connectivity index (χ0n) is 17.4. The van der Waals surface area contributed by atoms with Crippen molar-refractivity contribution >= 4 is 23.4 Å². The average molecular weight is 429 g/mol. The summed E-state index contributed by atoms with van der Waals surface area (Å²) in [5, 5.41) is 9.97. The quantitative estimate of drug-likeness (QED) is 0.671. The molecule has 1 atom stereocenters. The minimum atomic E-state index is -0.377. The number of ether oxygens (including phenoxy) is 2. The molecule has 8 heteroatoms. The molecule has 0 amide bonds. The van der Waals surface area contributed by atoms with Gasteiger partial charge in [0.15, 0.2) is 0 Å². The highest BCUT2D eigenvalue weighted by molar-refractivity contribution is 6.31. The maximum absolute atomic E-state index is 12.1. The highest BCUT2D eigenvalue weighted by Gasteiger charge is 2.28. The van der Waals surface area contributed by atoms with E-state index in [2.05, 4.69) is 20.9 Å². The first kappa shape index (κ1) is 22.0. The number of rotatable bonds is 5. The Balaban J connectivity index is 2.05. The molecular formula is C22H25ClN4O3. The van der Waals surface area contributed by atoms with Crippen LogP contribution in [0, 0.1) is 25.2 Å². The van der Waals surface area contributed by atoms with Gasteiger partial charge in [-0.2, -0.15) is 5.26 Å². The number of carbonyl (C=O) groups is 1. The van der Waals surface area contributed by atoms with Crippen molar-refractivity contribution in [2.75, 3.05) is 31.3 Å². The van der Waals surface area contributed by atoms with E-state index in [1.54, 1.807) is 13.0 Å². The zero-order chi connectivity index (χ0) is 21.7. The van der Waals surface area contributed by atoms with E-state index in [9.17, 15) is 10.1 Å². The number of hydrogen-bond acceptors (Lipinski definition) is 7. The summed E-state index contributed by atoms with van der Waals surface area (Å²) >= 11 is 6.60. The second kappa shape index (κ2) is 9.88. The van der Waals surface area contributed by atoms with Gasteiger partial charge in [-0.1, -0.05) is 17.7 Å². The summed E-state index contributed by atoms with van der Waals surface area (Å²) in [7, 11) is 0. The van der Waals surface area contributed by atoms with Gasteiger partial charge in [-0.25, -0.2) is 9.97 Å². The fourth-order valence-corrected chi connectivity index (χ4v) is 3.95. The zero-order valence-corrected chi connectivity index (χ0v) is 18.2. The van der Waals surface area contributed by atoms with Crippen LogP contribution >= 0.6 is 11.6 Å². The minimum Gasteiger partial charge on any atom is -0.466 e. The second-order valence-corrected chi connectivity index (χ2v) is 7.58. The number of nitriles is 1. The van der Waals surface area contributed by atoms with E-state index in [0.29, 0.717) is 35.2 Å². The molecule has 0 saturated carbocycles. The predicted molar refractivity (Wildman–Crippen MR) is 114 cm³/mol. The van der Waals surface area contributed by atoms with Gasteiger partial charge in [0.25, 0.3) is 0 Å². The fourth-order valence-electron chi connectivity index (χ4n) is 3.66. The molecule has 30 heavy (non-hydrogen) atoms. The molecule has 1 aliphatic heterocycles. The minimum absolute atomic E-state index is 0.0141. The standard InChI is InChI=1S/C22H25ClN4O3/c1-4-30-22(28)11-16-9-18(19(23)10-17(16)12-24)20-13-29-7-5-6-27(20)21-8-14(2)25-15(3)26-21/h8-10,20H,4-7,11,13H2,1-3H3. The van der Waals surface area contributed by atoms with E-state index < -0.39 is 0 Å². The second-order valence-electron chi connectivity index (χ2n) is 7.18. The van der Waals surface area contributed by atoms with Crippen LogP contribution in [0.4, 0.5) is 5.82 Å². The topological polar surface area (TPSA) is 88.3 Å². The number of aryl methyl sites for hydroxylation is 2. The van der Waals surface area contributed by atoms with Crippen molar-refractivity contribution in [2.45, 2.75) is 39.7 Å². The molecule has 1 fully saturated rings. The largest absolute Gasteiger partial charge is 0.466 e. The fraction of sp³-hybridized carbons (Fsp3) is 0.455. The van der Waals surface area contributed by atoms with Crippen molar-refractivity contribution < 1.29 is 14.3 Å². The Hall–Kier alpha value is -2.69. The van der Waals surface area contributed by atoms with Gasteiger partial charge in [0.2, 0.25) is 0 Å². The van der Waals surface area contributed by atoms with Crippen molar-refractivity contribution in [3.8, 4) is 6.07 Å². The molecule has 0 bridgehead atoms. The molecule has 1 aromatic heterocycles. The van der Waals surface area contributed by atoms with Crippen molar-refractivity contribution in [1.29, 1.82) is 5.26 Å². The van der Waals surface area contributed by atoms with E-state index in [-0.39, 0.29) is 25.0 Å². The van der Waals surface area contributed by atoms with Crippen molar-refractivity contribution in [3.05, 3.63) is 51.4 Å². The van der Waals surface area contributed by atoms with Crippen molar-refractivity contribution in [1.82, 2.24) is 9.97 Å². The molecule has 0 spiro atoms. The van der Waals surface area contributed by atoms with Gasteiger partial charge in [-0.05, 0) is 44.4 Å². The summed E-state index contributed by atoms with van der Waals surface area (Å²) in [5.41, 5.74) is 2.64. The Morgan fingerprint density at radius 3 is 2.87 bits per heavy atom. The van der Waals surface area contributed by atoms with Crippen LogP contribution < -0.4 is 4.90 Å². The van der Waals surface area contributed by atoms with Crippen molar-refractivity contribution in [3.63, 3.8) is 0 Å². The van der Waals surface area contributed by atoms with Gasteiger partial charge < -0.3 is 14.4 Å². The molecule has 158 valence electrons. The van der Waals surface area contributed by atoms with Crippen LogP contribution in [0.3, 0.4) is 0 Å². The number of halogens is 1. The number of nitrogens with zero attached hydrogens (tertiary/aromatic N) is 4. The van der Waals surface area contributed by atoms with Crippen LogP contribution in [-0.4, -0.2) is 42.3 Å². The van der Waals surface area contributed by atoms with Crippen LogP contribution in [0.25, 0.3) is 0 Å². The van der Waals surface area contributed by atoms with Crippen molar-refractivity contribution in [2.24, 2.45) is 0 Å². The number of esters is 1. The molecule has 2 aromatic rings. The van der Waals surface area contributed by atoms with Crippen LogP contribution in [0.15, 0.2) is 18.2 Å². The summed E-state index contributed by atoms with van der Waals surface area (Å²) < 4.78 is 10.9. The summed E-state index contributed by atoms with van der Waals surface area (Å²) in [5.74, 6) is 1.13. The number of benzene rings is 1. The van der Waals surface area contributed by atoms with E-state index in [1.165, 1.54) is 0 Å². The highest BCUT2D eigenvalue weighted by atomic mass is 35.5. The summed E-state index contributed by atoms with van der Waals surface area (Å²) in [6.45, 7) is 7.65. The first-order valence-electron chi connectivity index (χ1n) is 9.97. The summed E-state index contributed by atoms with van der Waals surface area (Å²) in [6.07, 6.45) is 0.863. The van der Waals surface area contributed by atoms with Crippen LogP contribution in [-0.2, 0) is 20.7 Å². The molecule has 0 aliphatic carbocycles. The highest BCUT2D eigenvalue weighted by Crippen LogP contribution is 2.34. The molecule has 1 aliphatic rings. The van der Waals surface area contributed by atoms with E-state index >= 15 is 0 Å². The first-order chi connectivity index (χ1) is 14.4. The number of hydrogen-bond donors (Lipinski definition) is 0.